The highest BCUT2D eigenvalue weighted by atomic mass is 127. The van der Waals surface area contributed by atoms with Gasteiger partial charge in [-0.2, -0.15) is 0 Å². The topological polar surface area (TPSA) is 50.9 Å². The third-order valence-corrected chi connectivity index (χ3v) is 4.03. The van der Waals surface area contributed by atoms with Gasteiger partial charge in [0.15, 0.2) is 5.96 Å². The molecule has 1 aliphatic rings. The molecule has 1 heterocycles. The van der Waals surface area contributed by atoms with Crippen LogP contribution in [0.4, 0.5) is 0 Å². The van der Waals surface area contributed by atoms with Crippen LogP contribution in [0.3, 0.4) is 0 Å². The second-order valence-electron chi connectivity index (χ2n) is 5.84. The van der Waals surface area contributed by atoms with E-state index in [1.165, 1.54) is 31.2 Å². The summed E-state index contributed by atoms with van der Waals surface area (Å²) in [5.74, 6) is 0.714. The Labute approximate surface area is 157 Å². The van der Waals surface area contributed by atoms with E-state index in [1.807, 2.05) is 6.07 Å². The number of aliphatic imine (C=N–C) groups is 1. The first-order chi connectivity index (χ1) is 10.9. The quantitative estimate of drug-likeness (QED) is 0.312. The number of guanidine groups is 1. The zero-order valence-corrected chi connectivity index (χ0v) is 16.3. The minimum atomic E-state index is 0. The van der Waals surface area contributed by atoms with Crippen LogP contribution in [0.1, 0.15) is 37.7 Å². The first-order valence-electron chi connectivity index (χ1n) is 8.53. The lowest BCUT2D eigenvalue weighted by Crippen LogP contribution is -2.38. The molecule has 2 N–H and O–H groups in total. The van der Waals surface area contributed by atoms with Gasteiger partial charge in [0, 0.05) is 26.2 Å². The molecule has 1 aliphatic heterocycles. The molecule has 1 saturated heterocycles. The highest BCUT2D eigenvalue weighted by molar-refractivity contribution is 14.0. The number of ether oxygens (including phenoxy) is 1. The van der Waals surface area contributed by atoms with Crippen LogP contribution in [0.25, 0.3) is 0 Å². The van der Waals surface area contributed by atoms with Crippen LogP contribution in [-0.2, 0) is 11.2 Å². The second kappa shape index (κ2) is 12.6. The maximum atomic E-state index is 6.07. The molecule has 1 fully saturated rings. The fourth-order valence-corrected chi connectivity index (χ4v) is 2.70. The summed E-state index contributed by atoms with van der Waals surface area (Å²) >= 11 is 0. The molecule has 5 heteroatoms. The lowest BCUT2D eigenvalue weighted by Gasteiger charge is -2.21. The molecule has 0 aromatic heterocycles. The Morgan fingerprint density at radius 3 is 2.43 bits per heavy atom. The predicted molar refractivity (Wildman–Crippen MR) is 108 cm³/mol. The number of hydrogen-bond donors (Lipinski definition) is 1. The molecular weight excluding hydrogens is 401 g/mol. The maximum Gasteiger partial charge on any atom is 0.191 e. The highest BCUT2D eigenvalue weighted by Gasteiger charge is 2.10. The van der Waals surface area contributed by atoms with Crippen LogP contribution in [-0.4, -0.2) is 43.7 Å². The van der Waals surface area contributed by atoms with Crippen molar-refractivity contribution >= 4 is 29.9 Å². The molecule has 0 aliphatic carbocycles. The van der Waals surface area contributed by atoms with Crippen LogP contribution in [0.5, 0.6) is 0 Å². The Hall–Kier alpha value is -0.820. The average Bonchev–Trinajstić information content (AvgIpc) is 2.84. The third kappa shape index (κ3) is 8.55. The van der Waals surface area contributed by atoms with E-state index in [9.17, 15) is 0 Å². The van der Waals surface area contributed by atoms with Crippen LogP contribution < -0.4 is 5.73 Å². The van der Waals surface area contributed by atoms with Crippen LogP contribution in [0.2, 0.25) is 0 Å². The summed E-state index contributed by atoms with van der Waals surface area (Å²) in [4.78, 5) is 6.71. The number of rotatable bonds is 7. The molecular formula is C18H30IN3O. The fourth-order valence-electron chi connectivity index (χ4n) is 2.70. The Morgan fingerprint density at radius 1 is 1.04 bits per heavy atom. The van der Waals surface area contributed by atoms with E-state index in [0.717, 1.165) is 45.7 Å². The largest absolute Gasteiger partial charge is 0.381 e. The van der Waals surface area contributed by atoms with E-state index in [4.69, 9.17) is 10.5 Å². The van der Waals surface area contributed by atoms with Crippen molar-refractivity contribution < 1.29 is 4.74 Å². The summed E-state index contributed by atoms with van der Waals surface area (Å²) in [5, 5.41) is 0. The van der Waals surface area contributed by atoms with Gasteiger partial charge in [-0.1, -0.05) is 43.2 Å². The van der Waals surface area contributed by atoms with Gasteiger partial charge in [-0.25, -0.2) is 0 Å². The van der Waals surface area contributed by atoms with Gasteiger partial charge in [0.25, 0.3) is 0 Å². The van der Waals surface area contributed by atoms with Crippen molar-refractivity contribution in [3.63, 3.8) is 0 Å². The van der Waals surface area contributed by atoms with Crippen molar-refractivity contribution in [2.45, 2.75) is 38.5 Å². The summed E-state index contributed by atoms with van der Waals surface area (Å²) in [7, 11) is 0. The van der Waals surface area contributed by atoms with Gasteiger partial charge >= 0.3 is 0 Å². The number of nitrogens with two attached hydrogens (primary N) is 1. The number of benzene rings is 1. The van der Waals surface area contributed by atoms with Crippen LogP contribution in [0, 0.1) is 0 Å². The van der Waals surface area contributed by atoms with Crippen molar-refractivity contribution in [1.29, 1.82) is 0 Å². The lowest BCUT2D eigenvalue weighted by molar-refractivity contribution is 0.136. The Bertz CT molecular complexity index is 431. The molecule has 0 bridgehead atoms. The fraction of sp³-hybridized carbons (Fsp3) is 0.611. The third-order valence-electron chi connectivity index (χ3n) is 4.03. The van der Waals surface area contributed by atoms with Gasteiger partial charge in [0.1, 0.15) is 0 Å². The lowest BCUT2D eigenvalue weighted by atomic mass is 10.2. The first kappa shape index (κ1) is 20.2. The molecule has 130 valence electrons. The molecule has 0 atom stereocenters. The predicted octanol–water partition coefficient (Wildman–Crippen LogP) is 3.44. The second-order valence-corrected chi connectivity index (χ2v) is 5.84. The molecule has 2 rings (SSSR count). The van der Waals surface area contributed by atoms with Gasteiger partial charge in [-0.05, 0) is 31.2 Å². The summed E-state index contributed by atoms with van der Waals surface area (Å²) in [6.07, 6.45) is 7.01. The summed E-state index contributed by atoms with van der Waals surface area (Å²) in [5.41, 5.74) is 7.39. The summed E-state index contributed by atoms with van der Waals surface area (Å²) in [6, 6.07) is 10.4. The highest BCUT2D eigenvalue weighted by Crippen LogP contribution is 2.09. The smallest absolute Gasteiger partial charge is 0.191 e. The minimum absolute atomic E-state index is 0. The Morgan fingerprint density at radius 2 is 1.74 bits per heavy atom. The molecule has 0 radical (unpaired) electrons. The SMILES string of the molecule is I.NC(=NCCCOCCc1ccccc1)N1CCCCCC1. The van der Waals surface area contributed by atoms with Gasteiger partial charge < -0.3 is 15.4 Å². The zero-order chi connectivity index (χ0) is 15.5. The molecule has 4 nitrogen and oxygen atoms in total. The van der Waals surface area contributed by atoms with Gasteiger partial charge in [0.2, 0.25) is 0 Å². The molecule has 0 unspecified atom stereocenters. The van der Waals surface area contributed by atoms with E-state index in [-0.39, 0.29) is 24.0 Å². The van der Waals surface area contributed by atoms with E-state index in [0.29, 0.717) is 5.96 Å². The van der Waals surface area contributed by atoms with E-state index >= 15 is 0 Å². The first-order valence-corrected chi connectivity index (χ1v) is 8.53. The summed E-state index contributed by atoms with van der Waals surface area (Å²) in [6.45, 7) is 4.40. The van der Waals surface area contributed by atoms with Crippen molar-refractivity contribution in [1.82, 2.24) is 4.90 Å². The average molecular weight is 431 g/mol. The van der Waals surface area contributed by atoms with Gasteiger partial charge in [-0.3, -0.25) is 4.99 Å². The van der Waals surface area contributed by atoms with Gasteiger partial charge in [0.05, 0.1) is 6.61 Å². The Balaban J connectivity index is 0.00000264. The number of nitrogens with zero attached hydrogens (tertiary/aromatic N) is 2. The van der Waals surface area contributed by atoms with Crippen LogP contribution >= 0.6 is 24.0 Å². The van der Waals surface area contributed by atoms with E-state index in [1.54, 1.807) is 0 Å². The standard InChI is InChI=1S/C18H29N3O.HI/c19-18(21-13-6-1-2-7-14-21)20-12-8-15-22-16-11-17-9-4-3-5-10-17;/h3-5,9-10H,1-2,6-8,11-16H2,(H2,19,20);1H. The normalized spacial score (nSPS) is 15.8. The molecule has 0 saturated carbocycles. The zero-order valence-electron chi connectivity index (χ0n) is 14.0. The van der Waals surface area contributed by atoms with Crippen molar-refractivity contribution in [3.8, 4) is 0 Å². The molecule has 23 heavy (non-hydrogen) atoms. The number of hydrogen-bond acceptors (Lipinski definition) is 2. The summed E-state index contributed by atoms with van der Waals surface area (Å²) < 4.78 is 5.66. The van der Waals surface area contributed by atoms with Crippen LogP contribution in [0.15, 0.2) is 35.3 Å². The van der Waals surface area contributed by atoms with E-state index < -0.39 is 0 Å². The van der Waals surface area contributed by atoms with E-state index in [2.05, 4.69) is 34.2 Å². The monoisotopic (exact) mass is 431 g/mol. The molecule has 0 amide bonds. The molecule has 0 spiro atoms. The molecule has 1 aromatic carbocycles. The maximum absolute atomic E-state index is 6.07. The molecule has 1 aromatic rings. The van der Waals surface area contributed by atoms with Crippen molar-refractivity contribution in [2.24, 2.45) is 10.7 Å². The minimum Gasteiger partial charge on any atom is -0.381 e. The van der Waals surface area contributed by atoms with Crippen molar-refractivity contribution in [3.05, 3.63) is 35.9 Å². The van der Waals surface area contributed by atoms with Crippen molar-refractivity contribution in [2.75, 3.05) is 32.8 Å². The Kier molecular flexibility index (Phi) is 11.1. The number of halogens is 1. The number of likely N-dealkylation sites (tertiary alicyclic amines) is 1. The van der Waals surface area contributed by atoms with Gasteiger partial charge in [-0.15, -0.1) is 24.0 Å².